The van der Waals surface area contributed by atoms with Gasteiger partial charge in [0.25, 0.3) is 14.2 Å². The zero-order valence-electron chi connectivity index (χ0n) is 33.4. The first kappa shape index (κ1) is 39.8. The van der Waals surface area contributed by atoms with Gasteiger partial charge in [-0.1, -0.05) is 92.8 Å². The van der Waals surface area contributed by atoms with Crippen molar-refractivity contribution in [2.75, 3.05) is 38.5 Å². The lowest BCUT2D eigenvalue weighted by Crippen LogP contribution is -2.66. The molecular weight excluding hydrogens is 741 g/mol. The van der Waals surface area contributed by atoms with Gasteiger partial charge in [-0.2, -0.15) is 0 Å². The van der Waals surface area contributed by atoms with E-state index >= 15 is 0 Å². The van der Waals surface area contributed by atoms with Crippen LogP contribution in [0.25, 0.3) is 10.2 Å². The molecule has 3 aliphatic rings. The third-order valence-electron chi connectivity index (χ3n) is 12.0. The van der Waals surface area contributed by atoms with E-state index in [0.29, 0.717) is 40.4 Å². The van der Waals surface area contributed by atoms with Crippen LogP contribution in [-0.2, 0) is 20.6 Å². The maximum Gasteiger partial charge on any atom is 0.319 e. The highest BCUT2D eigenvalue weighted by atomic mass is 32.1. The number of piperidine rings is 2. The highest BCUT2D eigenvalue weighted by molar-refractivity contribution is 7.23. The van der Waals surface area contributed by atoms with Crippen LogP contribution in [0.15, 0.2) is 72.8 Å². The van der Waals surface area contributed by atoms with Crippen LogP contribution in [0.1, 0.15) is 82.8 Å². The third kappa shape index (κ3) is 7.30. The van der Waals surface area contributed by atoms with Gasteiger partial charge in [-0.05, 0) is 73.6 Å². The predicted molar refractivity (Wildman–Crippen MR) is 224 cm³/mol. The van der Waals surface area contributed by atoms with E-state index in [4.69, 9.17) is 9.41 Å². The Morgan fingerprint density at radius 3 is 2.18 bits per heavy atom. The molecule has 3 aliphatic heterocycles. The van der Waals surface area contributed by atoms with E-state index in [-0.39, 0.29) is 47.9 Å². The normalized spacial score (nSPS) is 20.1. The van der Waals surface area contributed by atoms with Crippen molar-refractivity contribution in [1.29, 1.82) is 0 Å². The number of benzene rings is 2. The van der Waals surface area contributed by atoms with Crippen LogP contribution < -0.4 is 21.0 Å². The number of nitrogens with zero attached hydrogens (tertiary/aromatic N) is 4. The van der Waals surface area contributed by atoms with E-state index in [0.717, 1.165) is 37.9 Å². The number of rotatable bonds is 9. The Bertz CT molecular complexity index is 2060. The van der Waals surface area contributed by atoms with Crippen LogP contribution in [0.4, 0.5) is 9.80 Å². The highest BCUT2D eigenvalue weighted by Gasteiger charge is 2.54. The number of fused-ring (bicyclic) bond motifs is 1. The SMILES string of the molecule is CNC(=O)Nc1sc2nc(CO[Si](c3ccccc3)(c3ccccc3)C(C)(C)C)ccc2c1C(=O)N1CCC(N2CCCC3(CC(=O)N(C(C)C)C3=O)C2)CC1. The minimum atomic E-state index is -2.81. The van der Waals surface area contributed by atoms with Crippen LogP contribution in [0.3, 0.4) is 0 Å². The molecule has 5 heterocycles. The summed E-state index contributed by atoms with van der Waals surface area (Å²) >= 11 is 1.30. The number of amides is 5. The second-order valence-electron chi connectivity index (χ2n) is 16.8. The summed E-state index contributed by atoms with van der Waals surface area (Å²) in [4.78, 5) is 64.8. The van der Waals surface area contributed by atoms with Gasteiger partial charge >= 0.3 is 6.03 Å². The third-order valence-corrected chi connectivity index (χ3v) is 18.0. The molecule has 7 rings (SSSR count). The minimum absolute atomic E-state index is 0.0263. The van der Waals surface area contributed by atoms with Crippen molar-refractivity contribution in [2.24, 2.45) is 5.41 Å². The summed E-state index contributed by atoms with van der Waals surface area (Å²) in [6, 6.07) is 24.5. The van der Waals surface area contributed by atoms with E-state index in [1.165, 1.54) is 26.6 Å². The molecule has 11 nitrogen and oxygen atoms in total. The molecule has 2 aromatic carbocycles. The fourth-order valence-electron chi connectivity index (χ4n) is 9.24. The molecular formula is C43H54N6O5SSi. The van der Waals surface area contributed by atoms with Gasteiger partial charge in [-0.15, -0.1) is 0 Å². The second kappa shape index (κ2) is 15.8. The first-order chi connectivity index (χ1) is 26.8. The van der Waals surface area contributed by atoms with E-state index in [2.05, 4.69) is 84.8 Å². The van der Waals surface area contributed by atoms with E-state index in [9.17, 15) is 19.2 Å². The van der Waals surface area contributed by atoms with Crippen LogP contribution in [0.5, 0.6) is 0 Å². The number of anilines is 1. The molecule has 3 fully saturated rings. The number of carbonyl (C=O) groups is 4. The summed E-state index contributed by atoms with van der Waals surface area (Å²) in [6.45, 7) is 13.4. The topological polar surface area (TPSA) is 124 Å². The average molecular weight is 795 g/mol. The highest BCUT2D eigenvalue weighted by Crippen LogP contribution is 2.43. The molecule has 3 saturated heterocycles. The molecule has 13 heteroatoms. The molecule has 2 aromatic heterocycles. The summed E-state index contributed by atoms with van der Waals surface area (Å²) in [5.74, 6) is -0.232. The Labute approximate surface area is 334 Å². The van der Waals surface area contributed by atoms with Crippen molar-refractivity contribution < 1.29 is 23.6 Å². The number of likely N-dealkylation sites (tertiary alicyclic amines) is 3. The number of hydrogen-bond acceptors (Lipinski definition) is 8. The number of pyridine rings is 1. The standard InChI is InChI=1S/C43H54N6O5SSi/c1-29(2)49-35(50)26-43(40(49)52)22-13-23-48(28-43)31-20-24-47(25-21-31)39(51)36-34-19-18-30(45-37(34)55-38(36)46-41(53)44-6)27-54-56(42(3,4)5,32-14-9-7-10-15-32)33-16-11-8-12-17-33/h7-12,14-19,29,31H,13,20-28H2,1-6H3,(H2,44,46,53). The number of urea groups is 1. The minimum Gasteiger partial charge on any atom is -0.401 e. The van der Waals surface area contributed by atoms with Crippen molar-refractivity contribution in [2.45, 2.75) is 90.5 Å². The Morgan fingerprint density at radius 2 is 1.61 bits per heavy atom. The fraction of sp³-hybridized carbons (Fsp3) is 0.465. The lowest BCUT2D eigenvalue weighted by molar-refractivity contribution is -0.145. The molecule has 1 spiro atoms. The number of aromatic nitrogens is 1. The largest absolute Gasteiger partial charge is 0.401 e. The number of hydrogen-bond donors (Lipinski definition) is 2. The molecule has 0 aliphatic carbocycles. The predicted octanol–water partition coefficient (Wildman–Crippen LogP) is 5.98. The van der Waals surface area contributed by atoms with Gasteiger partial charge < -0.3 is 14.6 Å². The summed E-state index contributed by atoms with van der Waals surface area (Å²) in [6.07, 6.45) is 3.42. The Balaban J connectivity index is 1.11. The van der Waals surface area contributed by atoms with Gasteiger partial charge in [-0.3, -0.25) is 29.5 Å². The van der Waals surface area contributed by atoms with Crippen LogP contribution in [0.2, 0.25) is 5.04 Å². The van der Waals surface area contributed by atoms with Crippen molar-refractivity contribution in [3.63, 3.8) is 0 Å². The molecule has 0 radical (unpaired) electrons. The molecule has 296 valence electrons. The molecule has 0 bridgehead atoms. The number of nitrogens with one attached hydrogen (secondary N) is 2. The zero-order chi connectivity index (χ0) is 39.8. The van der Waals surface area contributed by atoms with Crippen LogP contribution in [0, 0.1) is 5.41 Å². The molecule has 5 amide bonds. The van der Waals surface area contributed by atoms with E-state index < -0.39 is 19.8 Å². The van der Waals surface area contributed by atoms with Crippen LogP contribution in [-0.4, -0.2) is 97.1 Å². The zero-order valence-corrected chi connectivity index (χ0v) is 35.2. The lowest BCUT2D eigenvalue weighted by Gasteiger charge is -2.45. The molecule has 1 atom stereocenters. The number of carbonyl (C=O) groups excluding carboxylic acids is 4. The van der Waals surface area contributed by atoms with E-state index in [1.54, 1.807) is 7.05 Å². The molecule has 0 saturated carbocycles. The maximum absolute atomic E-state index is 14.4. The number of imide groups is 1. The molecule has 2 N–H and O–H groups in total. The lowest BCUT2D eigenvalue weighted by atomic mass is 9.77. The monoisotopic (exact) mass is 794 g/mol. The second-order valence-corrected chi connectivity index (χ2v) is 22.1. The first-order valence-corrected chi connectivity index (χ1v) is 22.6. The van der Waals surface area contributed by atoms with Crippen molar-refractivity contribution in [3.8, 4) is 0 Å². The Hall–Kier alpha value is -4.43. The van der Waals surface area contributed by atoms with Gasteiger partial charge in [0.15, 0.2) is 0 Å². The summed E-state index contributed by atoms with van der Waals surface area (Å²) in [5.41, 5.74) is 0.551. The van der Waals surface area contributed by atoms with Crippen molar-refractivity contribution >= 4 is 69.0 Å². The smallest absolute Gasteiger partial charge is 0.319 e. The molecule has 4 aromatic rings. The average Bonchev–Trinajstić information content (AvgIpc) is 3.66. The summed E-state index contributed by atoms with van der Waals surface area (Å²) in [7, 11) is -1.27. The van der Waals surface area contributed by atoms with Gasteiger partial charge in [0, 0.05) is 50.6 Å². The number of thiophene rings is 1. The van der Waals surface area contributed by atoms with Crippen LogP contribution >= 0.6 is 11.3 Å². The quantitative estimate of drug-likeness (QED) is 0.158. The Kier molecular flexibility index (Phi) is 11.3. The van der Waals surface area contributed by atoms with Crippen molar-refractivity contribution in [3.05, 3.63) is 84.1 Å². The summed E-state index contributed by atoms with van der Waals surface area (Å²) in [5, 5.41) is 8.84. The molecule has 56 heavy (non-hydrogen) atoms. The fourth-order valence-corrected chi connectivity index (χ4v) is 14.8. The van der Waals surface area contributed by atoms with Gasteiger partial charge in [0.2, 0.25) is 11.8 Å². The van der Waals surface area contributed by atoms with Gasteiger partial charge in [0.1, 0.15) is 9.83 Å². The summed E-state index contributed by atoms with van der Waals surface area (Å²) < 4.78 is 7.16. The van der Waals surface area contributed by atoms with Crippen molar-refractivity contribution in [1.82, 2.24) is 25.0 Å². The molecule has 1 unspecified atom stereocenters. The van der Waals surface area contributed by atoms with E-state index in [1.807, 2.05) is 43.0 Å². The Morgan fingerprint density at radius 1 is 0.964 bits per heavy atom. The van der Waals surface area contributed by atoms with Gasteiger partial charge in [-0.25, -0.2) is 9.78 Å². The first-order valence-electron chi connectivity index (χ1n) is 19.8. The maximum atomic E-state index is 14.4. The van der Waals surface area contributed by atoms with Gasteiger partial charge in [0.05, 0.1) is 23.3 Å².